The third kappa shape index (κ3) is 3.47. The molecule has 1 saturated heterocycles. The number of aliphatic hydroxyl groups excluding tert-OH is 1. The fourth-order valence-electron chi connectivity index (χ4n) is 2.28. The number of piperazine rings is 1. The van der Waals surface area contributed by atoms with Crippen LogP contribution in [0.25, 0.3) is 0 Å². The van der Waals surface area contributed by atoms with Crippen LogP contribution in [0.4, 0.5) is 0 Å². The molecule has 1 N–H and O–H groups in total. The summed E-state index contributed by atoms with van der Waals surface area (Å²) < 4.78 is 0. The van der Waals surface area contributed by atoms with Gasteiger partial charge in [0.1, 0.15) is 0 Å². The molecule has 1 aliphatic rings. The van der Waals surface area contributed by atoms with E-state index < -0.39 is 0 Å². The maximum atomic E-state index is 12.3. The lowest BCUT2D eigenvalue weighted by molar-refractivity contribution is 0.0615. The summed E-state index contributed by atoms with van der Waals surface area (Å²) in [6.45, 7) is 5.81. The Balaban J connectivity index is 1.99. The minimum atomic E-state index is 0.0587. The third-order valence-electron chi connectivity index (χ3n) is 3.48. The summed E-state index contributed by atoms with van der Waals surface area (Å²) in [5.41, 5.74) is 1.61. The maximum Gasteiger partial charge on any atom is 0.253 e. The van der Waals surface area contributed by atoms with E-state index in [0.29, 0.717) is 30.2 Å². The van der Waals surface area contributed by atoms with Crippen LogP contribution >= 0.6 is 11.6 Å². The van der Waals surface area contributed by atoms with E-state index in [-0.39, 0.29) is 12.5 Å². The van der Waals surface area contributed by atoms with Gasteiger partial charge in [0.15, 0.2) is 0 Å². The van der Waals surface area contributed by atoms with Gasteiger partial charge in [-0.3, -0.25) is 9.69 Å². The minimum absolute atomic E-state index is 0.0587. The standard InChI is InChI=1S/C14H19ClN2O2/c1-11-10-12(2-3-13(11)15)14(19)17-6-4-16(5-7-17)8-9-18/h2-3,10,18H,4-9H2,1H3. The molecule has 0 aliphatic carbocycles. The Bertz CT molecular complexity index is 457. The predicted molar refractivity (Wildman–Crippen MR) is 75.6 cm³/mol. The van der Waals surface area contributed by atoms with Gasteiger partial charge in [0.25, 0.3) is 5.91 Å². The number of nitrogens with zero attached hydrogens (tertiary/aromatic N) is 2. The number of rotatable bonds is 3. The molecule has 5 heteroatoms. The van der Waals surface area contributed by atoms with Gasteiger partial charge < -0.3 is 10.0 Å². The molecule has 1 fully saturated rings. The highest BCUT2D eigenvalue weighted by molar-refractivity contribution is 6.31. The van der Waals surface area contributed by atoms with Gasteiger partial charge in [-0.05, 0) is 30.7 Å². The van der Waals surface area contributed by atoms with Gasteiger partial charge in [0.05, 0.1) is 6.61 Å². The highest BCUT2D eigenvalue weighted by Gasteiger charge is 2.21. The second kappa shape index (κ2) is 6.37. The summed E-state index contributed by atoms with van der Waals surface area (Å²) in [4.78, 5) is 16.4. The van der Waals surface area contributed by atoms with Crippen molar-refractivity contribution in [3.63, 3.8) is 0 Å². The number of hydrogen-bond acceptors (Lipinski definition) is 3. The fraction of sp³-hybridized carbons (Fsp3) is 0.500. The molecule has 1 amide bonds. The summed E-state index contributed by atoms with van der Waals surface area (Å²) in [6.07, 6.45) is 0. The zero-order valence-corrected chi connectivity index (χ0v) is 11.9. The van der Waals surface area contributed by atoms with E-state index in [1.807, 2.05) is 17.9 Å². The van der Waals surface area contributed by atoms with E-state index in [0.717, 1.165) is 18.7 Å². The van der Waals surface area contributed by atoms with Crippen LogP contribution in [0, 0.1) is 6.92 Å². The van der Waals surface area contributed by atoms with E-state index in [4.69, 9.17) is 16.7 Å². The molecule has 1 heterocycles. The van der Waals surface area contributed by atoms with Crippen molar-refractivity contribution < 1.29 is 9.90 Å². The van der Waals surface area contributed by atoms with Crippen molar-refractivity contribution in [2.24, 2.45) is 0 Å². The summed E-state index contributed by atoms with van der Waals surface area (Å²) in [7, 11) is 0. The van der Waals surface area contributed by atoms with Crippen molar-refractivity contribution in [3.05, 3.63) is 34.3 Å². The number of β-amino-alcohol motifs (C(OH)–C–C–N with tert-alkyl or cyclic N) is 1. The highest BCUT2D eigenvalue weighted by atomic mass is 35.5. The van der Waals surface area contributed by atoms with E-state index >= 15 is 0 Å². The minimum Gasteiger partial charge on any atom is -0.395 e. The Morgan fingerprint density at radius 2 is 2.00 bits per heavy atom. The summed E-state index contributed by atoms with van der Waals surface area (Å²) in [5.74, 6) is 0.0587. The van der Waals surface area contributed by atoms with E-state index in [2.05, 4.69) is 4.90 Å². The molecule has 0 radical (unpaired) electrons. The summed E-state index contributed by atoms with van der Waals surface area (Å²) in [5, 5.41) is 9.58. The number of aryl methyl sites for hydroxylation is 1. The Labute approximate surface area is 118 Å². The average molecular weight is 283 g/mol. The van der Waals surface area contributed by atoms with Crippen molar-refractivity contribution in [1.29, 1.82) is 0 Å². The molecule has 1 aromatic carbocycles. The zero-order valence-electron chi connectivity index (χ0n) is 11.1. The Kier molecular flexibility index (Phi) is 4.80. The van der Waals surface area contributed by atoms with Crippen molar-refractivity contribution in [1.82, 2.24) is 9.80 Å². The molecule has 0 aromatic heterocycles. The molecule has 0 bridgehead atoms. The van der Waals surface area contributed by atoms with E-state index in [9.17, 15) is 4.79 Å². The molecule has 0 atom stereocenters. The number of halogens is 1. The molecule has 0 spiro atoms. The predicted octanol–water partition coefficient (Wildman–Crippen LogP) is 1.40. The van der Waals surface area contributed by atoms with Crippen molar-refractivity contribution in [2.75, 3.05) is 39.3 Å². The van der Waals surface area contributed by atoms with Crippen LogP contribution in [0.5, 0.6) is 0 Å². The smallest absolute Gasteiger partial charge is 0.253 e. The number of hydrogen-bond donors (Lipinski definition) is 1. The van der Waals surface area contributed by atoms with Crippen LogP contribution in [0.15, 0.2) is 18.2 Å². The lowest BCUT2D eigenvalue weighted by atomic mass is 10.1. The van der Waals surface area contributed by atoms with Gasteiger partial charge in [-0.2, -0.15) is 0 Å². The molecule has 104 valence electrons. The molecule has 2 rings (SSSR count). The topological polar surface area (TPSA) is 43.8 Å². The Hall–Kier alpha value is -1.10. The first kappa shape index (κ1) is 14.3. The molecule has 1 aliphatic heterocycles. The third-order valence-corrected chi connectivity index (χ3v) is 3.90. The SMILES string of the molecule is Cc1cc(C(=O)N2CCN(CCO)CC2)ccc1Cl. The second-order valence-corrected chi connectivity index (χ2v) is 5.23. The van der Waals surface area contributed by atoms with Gasteiger partial charge in [0.2, 0.25) is 0 Å². The molecule has 0 unspecified atom stereocenters. The van der Waals surface area contributed by atoms with Crippen LogP contribution in [0.2, 0.25) is 5.02 Å². The first-order valence-corrected chi connectivity index (χ1v) is 6.88. The Morgan fingerprint density at radius 3 is 2.58 bits per heavy atom. The van der Waals surface area contributed by atoms with Crippen molar-refractivity contribution in [3.8, 4) is 0 Å². The zero-order chi connectivity index (χ0) is 13.8. The van der Waals surface area contributed by atoms with Crippen molar-refractivity contribution >= 4 is 17.5 Å². The number of carbonyl (C=O) groups excluding carboxylic acids is 1. The number of carbonyl (C=O) groups is 1. The maximum absolute atomic E-state index is 12.3. The number of aliphatic hydroxyl groups is 1. The summed E-state index contributed by atoms with van der Waals surface area (Å²) >= 11 is 5.97. The van der Waals surface area contributed by atoms with Crippen LogP contribution in [0.1, 0.15) is 15.9 Å². The molecule has 1 aromatic rings. The summed E-state index contributed by atoms with van der Waals surface area (Å²) in [6, 6.07) is 5.38. The molecule has 19 heavy (non-hydrogen) atoms. The van der Waals surface area contributed by atoms with Gasteiger partial charge in [-0.1, -0.05) is 11.6 Å². The van der Waals surface area contributed by atoms with E-state index in [1.54, 1.807) is 12.1 Å². The van der Waals surface area contributed by atoms with Crippen LogP contribution in [-0.4, -0.2) is 60.1 Å². The van der Waals surface area contributed by atoms with Crippen LogP contribution in [0.3, 0.4) is 0 Å². The second-order valence-electron chi connectivity index (χ2n) is 4.82. The lowest BCUT2D eigenvalue weighted by Gasteiger charge is -2.34. The molecule has 0 saturated carbocycles. The molecule has 4 nitrogen and oxygen atoms in total. The largest absolute Gasteiger partial charge is 0.395 e. The van der Waals surface area contributed by atoms with Crippen LogP contribution < -0.4 is 0 Å². The number of amides is 1. The van der Waals surface area contributed by atoms with Crippen LogP contribution in [-0.2, 0) is 0 Å². The lowest BCUT2D eigenvalue weighted by Crippen LogP contribution is -2.49. The normalized spacial score (nSPS) is 16.7. The van der Waals surface area contributed by atoms with Gasteiger partial charge in [-0.25, -0.2) is 0 Å². The fourth-order valence-corrected chi connectivity index (χ4v) is 2.39. The quantitative estimate of drug-likeness (QED) is 0.911. The first-order valence-electron chi connectivity index (χ1n) is 6.50. The highest BCUT2D eigenvalue weighted by Crippen LogP contribution is 2.18. The van der Waals surface area contributed by atoms with Gasteiger partial charge in [0, 0.05) is 43.3 Å². The van der Waals surface area contributed by atoms with Gasteiger partial charge >= 0.3 is 0 Å². The first-order chi connectivity index (χ1) is 9.11. The average Bonchev–Trinajstić information content (AvgIpc) is 2.42. The monoisotopic (exact) mass is 282 g/mol. The van der Waals surface area contributed by atoms with E-state index in [1.165, 1.54) is 0 Å². The van der Waals surface area contributed by atoms with Gasteiger partial charge in [-0.15, -0.1) is 0 Å². The van der Waals surface area contributed by atoms with Crippen molar-refractivity contribution in [2.45, 2.75) is 6.92 Å². The Morgan fingerprint density at radius 1 is 1.32 bits per heavy atom. The molecular formula is C14H19ClN2O2. The number of benzene rings is 1. The molecular weight excluding hydrogens is 264 g/mol.